The Bertz CT molecular complexity index is 903. The van der Waals surface area contributed by atoms with Gasteiger partial charge < -0.3 is 10.1 Å². The van der Waals surface area contributed by atoms with Gasteiger partial charge in [0, 0.05) is 28.9 Å². The number of pyridine rings is 1. The maximum absolute atomic E-state index is 12.1. The highest BCUT2D eigenvalue weighted by atomic mass is 19.3. The molecule has 1 aromatic heterocycles. The van der Waals surface area contributed by atoms with Crippen molar-refractivity contribution in [2.45, 2.75) is 6.61 Å². The molecule has 0 aliphatic heterocycles. The minimum absolute atomic E-state index is 0.0328. The predicted octanol–water partition coefficient (Wildman–Crippen LogP) is 4.49. The Labute approximate surface area is 142 Å². The maximum Gasteiger partial charge on any atom is 0.387 e. The molecule has 1 amide bonds. The second-order valence-electron chi connectivity index (χ2n) is 5.15. The Balaban J connectivity index is 1.68. The van der Waals surface area contributed by atoms with Crippen molar-refractivity contribution < 1.29 is 18.3 Å². The van der Waals surface area contributed by atoms with Crippen LogP contribution in [0.4, 0.5) is 14.5 Å². The van der Waals surface area contributed by atoms with Gasteiger partial charge in [-0.15, -0.1) is 0 Å². The SMILES string of the molecule is O=C(/C=C/c1cccc2cccnc12)Nc1ccc(OC(F)F)cc1. The number of carbonyl (C=O) groups is 1. The van der Waals surface area contributed by atoms with Crippen LogP contribution < -0.4 is 10.1 Å². The van der Waals surface area contributed by atoms with Crippen LogP contribution in [0.15, 0.2) is 66.9 Å². The molecule has 126 valence electrons. The molecule has 0 aliphatic rings. The van der Waals surface area contributed by atoms with Crippen molar-refractivity contribution in [2.24, 2.45) is 0 Å². The molecule has 3 aromatic rings. The number of halogens is 2. The predicted molar refractivity (Wildman–Crippen MR) is 92.5 cm³/mol. The average Bonchev–Trinajstić information content (AvgIpc) is 2.61. The van der Waals surface area contributed by atoms with Gasteiger partial charge in [0.2, 0.25) is 5.91 Å². The summed E-state index contributed by atoms with van der Waals surface area (Å²) in [6, 6.07) is 15.2. The van der Waals surface area contributed by atoms with Gasteiger partial charge in [0.1, 0.15) is 5.75 Å². The molecule has 0 saturated heterocycles. The van der Waals surface area contributed by atoms with E-state index in [2.05, 4.69) is 15.0 Å². The Morgan fingerprint density at radius 1 is 1.08 bits per heavy atom. The molecule has 0 radical (unpaired) electrons. The third kappa shape index (κ3) is 4.38. The van der Waals surface area contributed by atoms with E-state index >= 15 is 0 Å². The third-order valence-corrected chi connectivity index (χ3v) is 3.43. The Hall–Kier alpha value is -3.28. The van der Waals surface area contributed by atoms with Crippen molar-refractivity contribution in [2.75, 3.05) is 5.32 Å². The van der Waals surface area contributed by atoms with Crippen molar-refractivity contribution in [3.05, 3.63) is 72.4 Å². The summed E-state index contributed by atoms with van der Waals surface area (Å²) >= 11 is 0. The Morgan fingerprint density at radius 2 is 1.84 bits per heavy atom. The second-order valence-corrected chi connectivity index (χ2v) is 5.15. The summed E-state index contributed by atoms with van der Waals surface area (Å²) in [5, 5.41) is 3.64. The number of aromatic nitrogens is 1. The fraction of sp³-hybridized carbons (Fsp3) is 0.0526. The van der Waals surface area contributed by atoms with Gasteiger partial charge in [-0.3, -0.25) is 9.78 Å². The van der Waals surface area contributed by atoms with Crippen LogP contribution in [0.3, 0.4) is 0 Å². The minimum atomic E-state index is -2.88. The minimum Gasteiger partial charge on any atom is -0.435 e. The molecule has 4 nitrogen and oxygen atoms in total. The fourth-order valence-electron chi connectivity index (χ4n) is 2.33. The highest BCUT2D eigenvalue weighted by Gasteiger charge is 2.05. The number of benzene rings is 2. The zero-order valence-corrected chi connectivity index (χ0v) is 13.0. The molecule has 1 N–H and O–H groups in total. The van der Waals surface area contributed by atoms with Crippen molar-refractivity contribution in [3.63, 3.8) is 0 Å². The van der Waals surface area contributed by atoms with Gasteiger partial charge in [-0.25, -0.2) is 0 Å². The molecule has 1 heterocycles. The molecular weight excluding hydrogens is 326 g/mol. The van der Waals surface area contributed by atoms with Crippen molar-refractivity contribution in [1.82, 2.24) is 4.98 Å². The van der Waals surface area contributed by atoms with E-state index in [0.717, 1.165) is 16.5 Å². The lowest BCUT2D eigenvalue weighted by molar-refractivity contribution is -0.111. The number of carbonyl (C=O) groups excluding carboxylic acids is 1. The lowest BCUT2D eigenvalue weighted by Gasteiger charge is -2.06. The van der Waals surface area contributed by atoms with Crippen LogP contribution in [-0.2, 0) is 4.79 Å². The van der Waals surface area contributed by atoms with Gasteiger partial charge in [0.05, 0.1) is 5.52 Å². The number of nitrogens with zero attached hydrogens (tertiary/aromatic N) is 1. The number of hydrogen-bond donors (Lipinski definition) is 1. The molecule has 0 fully saturated rings. The van der Waals surface area contributed by atoms with Gasteiger partial charge in [0.15, 0.2) is 0 Å². The standard InChI is InChI=1S/C19H14F2N2O2/c20-19(21)25-16-9-7-15(8-10-16)23-17(24)11-6-14-4-1-3-13-5-2-12-22-18(13)14/h1-12,19H,(H,23,24)/b11-6+. The number of rotatable bonds is 5. The van der Waals surface area contributed by atoms with Crippen LogP contribution in [-0.4, -0.2) is 17.5 Å². The lowest BCUT2D eigenvalue weighted by atomic mass is 10.1. The van der Waals surface area contributed by atoms with Crippen LogP contribution in [0.1, 0.15) is 5.56 Å². The molecule has 3 rings (SSSR count). The number of fused-ring (bicyclic) bond motifs is 1. The largest absolute Gasteiger partial charge is 0.435 e. The van der Waals surface area contributed by atoms with Gasteiger partial charge in [0.25, 0.3) is 0 Å². The topological polar surface area (TPSA) is 51.2 Å². The summed E-state index contributed by atoms with van der Waals surface area (Å²) in [5.74, 6) is -0.305. The normalized spacial score (nSPS) is 11.2. The first-order chi connectivity index (χ1) is 12.1. The monoisotopic (exact) mass is 340 g/mol. The number of amides is 1. The molecule has 0 spiro atoms. The third-order valence-electron chi connectivity index (χ3n) is 3.43. The van der Waals surface area contributed by atoms with Crippen molar-refractivity contribution >= 4 is 28.6 Å². The van der Waals surface area contributed by atoms with Crippen LogP contribution in [0.2, 0.25) is 0 Å². The Kier molecular flexibility index (Phi) is 4.99. The fourth-order valence-corrected chi connectivity index (χ4v) is 2.33. The van der Waals surface area contributed by atoms with Gasteiger partial charge in [-0.2, -0.15) is 8.78 Å². The van der Waals surface area contributed by atoms with E-state index in [9.17, 15) is 13.6 Å². The van der Waals surface area contributed by atoms with Gasteiger partial charge in [-0.05, 0) is 36.4 Å². The first-order valence-electron chi connectivity index (χ1n) is 7.49. The number of alkyl halides is 2. The molecule has 6 heteroatoms. The molecule has 0 saturated carbocycles. The van der Waals surface area contributed by atoms with E-state index in [4.69, 9.17) is 0 Å². The maximum atomic E-state index is 12.1. The Morgan fingerprint density at radius 3 is 2.60 bits per heavy atom. The van der Waals surface area contributed by atoms with Crippen molar-refractivity contribution in [3.8, 4) is 5.75 Å². The molecular formula is C19H14F2N2O2. The van der Waals surface area contributed by atoms with Gasteiger partial charge in [-0.1, -0.05) is 24.3 Å². The summed E-state index contributed by atoms with van der Waals surface area (Å²) < 4.78 is 28.4. The number of anilines is 1. The van der Waals surface area contributed by atoms with E-state index in [-0.39, 0.29) is 11.7 Å². The number of para-hydroxylation sites is 1. The van der Waals surface area contributed by atoms with Crippen LogP contribution >= 0.6 is 0 Å². The lowest BCUT2D eigenvalue weighted by Crippen LogP contribution is -2.08. The molecule has 0 bridgehead atoms. The highest BCUT2D eigenvalue weighted by Crippen LogP contribution is 2.19. The average molecular weight is 340 g/mol. The first-order valence-corrected chi connectivity index (χ1v) is 7.49. The smallest absolute Gasteiger partial charge is 0.387 e. The summed E-state index contributed by atoms with van der Waals surface area (Å²) in [6.07, 6.45) is 4.77. The zero-order chi connectivity index (χ0) is 17.6. The van der Waals surface area contributed by atoms with E-state index < -0.39 is 6.61 Å². The molecule has 2 aromatic carbocycles. The van der Waals surface area contributed by atoms with Crippen LogP contribution in [0.5, 0.6) is 5.75 Å². The van der Waals surface area contributed by atoms with E-state index in [0.29, 0.717) is 5.69 Å². The number of hydrogen-bond acceptors (Lipinski definition) is 3. The number of ether oxygens (including phenoxy) is 1. The molecule has 0 unspecified atom stereocenters. The first kappa shape index (κ1) is 16.6. The molecule has 0 aliphatic carbocycles. The summed E-state index contributed by atoms with van der Waals surface area (Å²) in [4.78, 5) is 16.3. The summed E-state index contributed by atoms with van der Waals surface area (Å²) in [6.45, 7) is -2.88. The van der Waals surface area contributed by atoms with E-state index in [1.807, 2.05) is 30.3 Å². The zero-order valence-electron chi connectivity index (χ0n) is 13.0. The van der Waals surface area contributed by atoms with Gasteiger partial charge >= 0.3 is 6.61 Å². The molecule has 0 atom stereocenters. The van der Waals surface area contributed by atoms with Crippen LogP contribution in [0, 0.1) is 0 Å². The molecule has 25 heavy (non-hydrogen) atoms. The number of nitrogens with one attached hydrogen (secondary N) is 1. The highest BCUT2D eigenvalue weighted by molar-refractivity contribution is 6.03. The quantitative estimate of drug-likeness (QED) is 0.696. The summed E-state index contributed by atoms with van der Waals surface area (Å²) in [5.41, 5.74) is 2.11. The van der Waals surface area contributed by atoms with Crippen molar-refractivity contribution in [1.29, 1.82) is 0 Å². The van der Waals surface area contributed by atoms with E-state index in [1.165, 1.54) is 30.3 Å². The van der Waals surface area contributed by atoms with E-state index in [1.54, 1.807) is 12.3 Å². The van der Waals surface area contributed by atoms with Crippen LogP contribution in [0.25, 0.3) is 17.0 Å². The second kappa shape index (κ2) is 7.53. The summed E-state index contributed by atoms with van der Waals surface area (Å²) in [7, 11) is 0.